The molecular weight excluding hydrogens is 240 g/mol. The molecule has 0 heterocycles. The second kappa shape index (κ2) is 6.72. The van der Waals surface area contributed by atoms with Crippen molar-refractivity contribution in [2.75, 3.05) is 0 Å². The van der Waals surface area contributed by atoms with Crippen LogP contribution in [-0.2, 0) is 11.3 Å². The van der Waals surface area contributed by atoms with E-state index in [4.69, 9.17) is 10.4 Å². The van der Waals surface area contributed by atoms with Gasteiger partial charge in [0.15, 0.2) is 0 Å². The standard InChI is InChI=1S/C15H18N2O2/c1-4-5-14(15(18)19)17-9-13-10(2)6-12(8-16)7-11(13)3/h4,6-7,14,17H,1,5,9H2,2-3H3,(H,18,19)/t14-/m1/s1. The van der Waals surface area contributed by atoms with Gasteiger partial charge < -0.3 is 10.4 Å². The number of aliphatic carboxylic acids is 1. The SMILES string of the molecule is C=CC[C@@H](NCc1c(C)cc(C#N)cc1C)C(=O)O. The molecule has 1 aromatic rings. The lowest BCUT2D eigenvalue weighted by Crippen LogP contribution is -2.36. The molecule has 1 aromatic carbocycles. The van der Waals surface area contributed by atoms with E-state index in [1.807, 2.05) is 26.0 Å². The average Bonchev–Trinajstić information content (AvgIpc) is 2.35. The summed E-state index contributed by atoms with van der Waals surface area (Å²) in [5, 5.41) is 20.9. The molecule has 0 bridgehead atoms. The van der Waals surface area contributed by atoms with Gasteiger partial charge in [0.25, 0.3) is 0 Å². The number of hydrogen-bond donors (Lipinski definition) is 2. The van der Waals surface area contributed by atoms with Crippen LogP contribution in [0.2, 0.25) is 0 Å². The normalized spacial score (nSPS) is 11.6. The molecule has 0 fully saturated rings. The van der Waals surface area contributed by atoms with Crippen molar-refractivity contribution in [2.45, 2.75) is 32.9 Å². The molecule has 0 aliphatic carbocycles. The molecular formula is C15H18N2O2. The van der Waals surface area contributed by atoms with Gasteiger partial charge in [-0.1, -0.05) is 6.08 Å². The van der Waals surface area contributed by atoms with Gasteiger partial charge in [0, 0.05) is 6.54 Å². The van der Waals surface area contributed by atoms with Gasteiger partial charge in [0.1, 0.15) is 6.04 Å². The van der Waals surface area contributed by atoms with Crippen molar-refractivity contribution in [2.24, 2.45) is 0 Å². The topological polar surface area (TPSA) is 73.1 Å². The van der Waals surface area contributed by atoms with Crippen LogP contribution < -0.4 is 5.32 Å². The van der Waals surface area contributed by atoms with Crippen molar-refractivity contribution in [3.05, 3.63) is 47.0 Å². The Hall–Kier alpha value is -2.12. The molecule has 1 rings (SSSR count). The summed E-state index contributed by atoms with van der Waals surface area (Å²) in [4.78, 5) is 11.0. The van der Waals surface area contributed by atoms with Crippen molar-refractivity contribution >= 4 is 5.97 Å². The minimum atomic E-state index is -0.885. The van der Waals surface area contributed by atoms with E-state index in [-0.39, 0.29) is 0 Å². The molecule has 19 heavy (non-hydrogen) atoms. The highest BCUT2D eigenvalue weighted by Crippen LogP contribution is 2.16. The first-order valence-corrected chi connectivity index (χ1v) is 6.07. The summed E-state index contributed by atoms with van der Waals surface area (Å²) in [6.45, 7) is 7.87. The predicted molar refractivity (Wildman–Crippen MR) is 73.7 cm³/mol. The third-order valence-corrected chi connectivity index (χ3v) is 3.05. The highest BCUT2D eigenvalue weighted by atomic mass is 16.4. The number of hydrogen-bond acceptors (Lipinski definition) is 3. The molecule has 0 saturated heterocycles. The molecule has 0 saturated carbocycles. The third kappa shape index (κ3) is 3.94. The quantitative estimate of drug-likeness (QED) is 0.768. The maximum Gasteiger partial charge on any atom is 0.321 e. The van der Waals surface area contributed by atoms with Crippen LogP contribution in [0.1, 0.15) is 28.7 Å². The van der Waals surface area contributed by atoms with Crippen LogP contribution >= 0.6 is 0 Å². The molecule has 0 spiro atoms. The van der Waals surface area contributed by atoms with E-state index in [2.05, 4.69) is 18.0 Å². The molecule has 0 aliphatic heterocycles. The van der Waals surface area contributed by atoms with Crippen molar-refractivity contribution in [3.8, 4) is 6.07 Å². The molecule has 0 radical (unpaired) electrons. The van der Waals surface area contributed by atoms with Crippen LogP contribution in [0.4, 0.5) is 0 Å². The number of aryl methyl sites for hydroxylation is 2. The summed E-state index contributed by atoms with van der Waals surface area (Å²) < 4.78 is 0. The molecule has 0 aromatic heterocycles. The number of nitrogens with zero attached hydrogens (tertiary/aromatic N) is 1. The van der Waals surface area contributed by atoms with Gasteiger partial charge in [-0.15, -0.1) is 6.58 Å². The summed E-state index contributed by atoms with van der Waals surface area (Å²) in [6, 6.07) is 5.10. The summed E-state index contributed by atoms with van der Waals surface area (Å²) in [5.74, 6) is -0.885. The summed E-state index contributed by atoms with van der Waals surface area (Å²) in [6.07, 6.45) is 1.97. The summed E-state index contributed by atoms with van der Waals surface area (Å²) in [5.41, 5.74) is 3.65. The van der Waals surface area contributed by atoms with Crippen molar-refractivity contribution in [1.82, 2.24) is 5.32 Å². The van der Waals surface area contributed by atoms with E-state index in [0.717, 1.165) is 16.7 Å². The first kappa shape index (κ1) is 14.9. The monoisotopic (exact) mass is 258 g/mol. The fourth-order valence-corrected chi connectivity index (χ4v) is 2.00. The van der Waals surface area contributed by atoms with Gasteiger partial charge in [0.2, 0.25) is 0 Å². The number of carboxylic acid groups (broad SMARTS) is 1. The van der Waals surface area contributed by atoms with E-state index in [1.165, 1.54) is 0 Å². The van der Waals surface area contributed by atoms with E-state index in [9.17, 15) is 4.79 Å². The molecule has 1 atom stereocenters. The van der Waals surface area contributed by atoms with E-state index in [0.29, 0.717) is 18.5 Å². The minimum absolute atomic E-state index is 0.379. The molecule has 0 amide bonds. The molecule has 100 valence electrons. The predicted octanol–water partition coefficient (Wildman–Crippen LogP) is 2.29. The van der Waals surface area contributed by atoms with Crippen LogP contribution in [0.15, 0.2) is 24.8 Å². The Morgan fingerprint density at radius 3 is 2.53 bits per heavy atom. The lowest BCUT2D eigenvalue weighted by molar-refractivity contribution is -0.139. The lowest BCUT2D eigenvalue weighted by atomic mass is 9.99. The van der Waals surface area contributed by atoms with Crippen LogP contribution in [0.25, 0.3) is 0 Å². The number of carboxylic acids is 1. The molecule has 0 aliphatic rings. The zero-order valence-electron chi connectivity index (χ0n) is 11.2. The molecule has 0 unspecified atom stereocenters. The minimum Gasteiger partial charge on any atom is -0.480 e. The Labute approximate surface area is 113 Å². The lowest BCUT2D eigenvalue weighted by Gasteiger charge is -2.16. The van der Waals surface area contributed by atoms with Crippen LogP contribution in [0.5, 0.6) is 0 Å². The van der Waals surface area contributed by atoms with Gasteiger partial charge in [-0.05, 0) is 49.1 Å². The third-order valence-electron chi connectivity index (χ3n) is 3.05. The highest BCUT2D eigenvalue weighted by molar-refractivity contribution is 5.73. The molecule has 4 nitrogen and oxygen atoms in total. The zero-order valence-corrected chi connectivity index (χ0v) is 11.2. The Balaban J connectivity index is 2.86. The van der Waals surface area contributed by atoms with Crippen LogP contribution in [-0.4, -0.2) is 17.1 Å². The van der Waals surface area contributed by atoms with Crippen molar-refractivity contribution in [1.29, 1.82) is 5.26 Å². The Kier molecular flexibility index (Phi) is 5.28. The Morgan fingerprint density at radius 2 is 2.11 bits per heavy atom. The zero-order chi connectivity index (χ0) is 14.4. The van der Waals surface area contributed by atoms with Crippen LogP contribution in [0, 0.1) is 25.2 Å². The van der Waals surface area contributed by atoms with Gasteiger partial charge in [-0.3, -0.25) is 4.79 Å². The number of benzene rings is 1. The Bertz CT molecular complexity index is 506. The molecule has 2 N–H and O–H groups in total. The van der Waals surface area contributed by atoms with Crippen molar-refractivity contribution in [3.63, 3.8) is 0 Å². The number of carbonyl (C=O) groups is 1. The maximum atomic E-state index is 11.0. The number of nitriles is 1. The smallest absolute Gasteiger partial charge is 0.321 e. The Morgan fingerprint density at radius 1 is 1.53 bits per heavy atom. The van der Waals surface area contributed by atoms with Crippen molar-refractivity contribution < 1.29 is 9.90 Å². The van der Waals surface area contributed by atoms with E-state index < -0.39 is 12.0 Å². The van der Waals surface area contributed by atoms with Gasteiger partial charge in [-0.25, -0.2) is 0 Å². The average molecular weight is 258 g/mol. The first-order chi connectivity index (χ1) is 8.99. The largest absolute Gasteiger partial charge is 0.480 e. The van der Waals surface area contributed by atoms with Gasteiger partial charge in [0.05, 0.1) is 11.6 Å². The highest BCUT2D eigenvalue weighted by Gasteiger charge is 2.15. The van der Waals surface area contributed by atoms with Gasteiger partial charge in [-0.2, -0.15) is 5.26 Å². The fraction of sp³-hybridized carbons (Fsp3) is 0.333. The number of rotatable bonds is 6. The second-order valence-corrected chi connectivity index (χ2v) is 4.50. The summed E-state index contributed by atoms with van der Waals surface area (Å²) in [7, 11) is 0. The number of nitrogens with one attached hydrogen (secondary N) is 1. The molecule has 4 heteroatoms. The van der Waals surface area contributed by atoms with Gasteiger partial charge >= 0.3 is 5.97 Å². The van der Waals surface area contributed by atoms with Crippen LogP contribution in [0.3, 0.4) is 0 Å². The maximum absolute atomic E-state index is 11.0. The second-order valence-electron chi connectivity index (χ2n) is 4.50. The van der Waals surface area contributed by atoms with E-state index in [1.54, 1.807) is 6.08 Å². The first-order valence-electron chi connectivity index (χ1n) is 6.07. The fourth-order valence-electron chi connectivity index (χ4n) is 2.00. The summed E-state index contributed by atoms with van der Waals surface area (Å²) >= 11 is 0. The van der Waals surface area contributed by atoms with E-state index >= 15 is 0 Å².